The number of rotatable bonds is 0. The van der Waals surface area contributed by atoms with Crippen LogP contribution in [0.4, 0.5) is 0 Å². The summed E-state index contributed by atoms with van der Waals surface area (Å²) in [4.78, 5) is 21.6. The fraction of sp³-hybridized carbons (Fsp3) is 0. The Labute approximate surface area is 64.4 Å². The molecule has 0 aliphatic carbocycles. The molecule has 0 aromatic carbocycles. The third kappa shape index (κ3) is 124. The number of phosphoric acid groups is 1. The molecular formula is H9AlGaO4P. The molecule has 7 heteroatoms. The van der Waals surface area contributed by atoms with E-state index < -0.39 is 7.82 Å². The Morgan fingerprint density at radius 1 is 1.14 bits per heavy atom. The minimum atomic E-state index is -4.64. The van der Waals surface area contributed by atoms with Crippen LogP contribution in [0.5, 0.6) is 0 Å². The number of hydrogen-bond acceptors (Lipinski definition) is 1. The normalized spacial score (nSPS) is 8.43. The van der Waals surface area contributed by atoms with E-state index in [1.165, 1.54) is 0 Å². The summed E-state index contributed by atoms with van der Waals surface area (Å²) in [6.45, 7) is 0. The minimum absolute atomic E-state index is 0. The zero-order valence-corrected chi connectivity index (χ0v) is 3.09. The predicted molar refractivity (Wildman–Crippen MR) is 34.1 cm³/mol. The van der Waals surface area contributed by atoms with Crippen LogP contribution in [0, 0.1) is 0 Å². The Hall–Kier alpha value is 1.28. The van der Waals surface area contributed by atoms with Gasteiger partial charge in [-0.05, 0) is 0 Å². The monoisotopic (exact) mass is 200 g/mol. The standard InChI is InChI=1S/Al.Ga.H3O4P.6H/c;;1-5(2,3)4;;;;;;/h;;(H3,1,2,3,4);;;;;;. The van der Waals surface area contributed by atoms with Gasteiger partial charge in [0, 0.05) is 0 Å². The van der Waals surface area contributed by atoms with E-state index in [1.807, 2.05) is 0 Å². The topological polar surface area (TPSA) is 77.8 Å². The molecule has 44 valence electrons. The van der Waals surface area contributed by atoms with Crippen LogP contribution in [-0.2, 0) is 4.57 Å². The van der Waals surface area contributed by atoms with Crippen LogP contribution in [0.15, 0.2) is 0 Å². The van der Waals surface area contributed by atoms with E-state index in [0.717, 1.165) is 0 Å². The Morgan fingerprint density at radius 2 is 1.14 bits per heavy atom. The van der Waals surface area contributed by atoms with Gasteiger partial charge >= 0.3 is 27.6 Å². The summed E-state index contributed by atoms with van der Waals surface area (Å²) in [6, 6.07) is 0. The fourth-order valence-electron chi connectivity index (χ4n) is 0. The van der Waals surface area contributed by atoms with Gasteiger partial charge in [0.05, 0.1) is 0 Å². The zero-order valence-electron chi connectivity index (χ0n) is 2.20. The van der Waals surface area contributed by atoms with E-state index in [0.29, 0.717) is 0 Å². The second-order valence-corrected chi connectivity index (χ2v) is 1.54. The van der Waals surface area contributed by atoms with E-state index in [-0.39, 0.29) is 37.2 Å². The van der Waals surface area contributed by atoms with Crippen molar-refractivity contribution in [3.8, 4) is 0 Å². The molecule has 7 heavy (non-hydrogen) atoms. The average Bonchev–Trinajstić information content (AvgIpc) is 0.722. The molecule has 0 aromatic rings. The van der Waals surface area contributed by atoms with Gasteiger partial charge in [-0.1, -0.05) is 0 Å². The first kappa shape index (κ1) is 15.7. The molecule has 0 radical (unpaired) electrons. The summed E-state index contributed by atoms with van der Waals surface area (Å²) in [5.74, 6) is 0. The summed E-state index contributed by atoms with van der Waals surface area (Å²) in [6.07, 6.45) is 0. The van der Waals surface area contributed by atoms with Crippen LogP contribution in [0.3, 0.4) is 0 Å². The van der Waals surface area contributed by atoms with Crippen molar-refractivity contribution in [1.29, 1.82) is 0 Å². The van der Waals surface area contributed by atoms with Crippen molar-refractivity contribution in [2.45, 2.75) is 0 Å². The molecule has 0 aromatic heterocycles. The third-order valence-electron chi connectivity index (χ3n) is 0. The van der Waals surface area contributed by atoms with Gasteiger partial charge in [0.15, 0.2) is 17.4 Å². The summed E-state index contributed by atoms with van der Waals surface area (Å²) in [7, 11) is -4.64. The molecule has 4 nitrogen and oxygen atoms in total. The maximum absolute atomic E-state index is 8.88. The molecule has 0 heterocycles. The van der Waals surface area contributed by atoms with Crippen LogP contribution >= 0.6 is 7.82 Å². The molecule has 0 atom stereocenters. The molecule has 0 bridgehead atoms. The van der Waals surface area contributed by atoms with Crippen LogP contribution in [0.25, 0.3) is 0 Å². The quantitative estimate of drug-likeness (QED) is 0.283. The van der Waals surface area contributed by atoms with Crippen LogP contribution in [0.2, 0.25) is 0 Å². The van der Waals surface area contributed by atoms with Gasteiger partial charge in [-0.2, -0.15) is 0 Å². The molecule has 0 unspecified atom stereocenters. The Bertz CT molecular complexity index is 57.8. The van der Waals surface area contributed by atoms with Gasteiger partial charge in [-0.3, -0.25) is 0 Å². The molecular weight excluding hydrogens is 192 g/mol. The van der Waals surface area contributed by atoms with Gasteiger partial charge in [0.2, 0.25) is 0 Å². The second-order valence-electron chi connectivity index (χ2n) is 0.513. The zero-order chi connectivity index (χ0) is 4.50. The molecule has 0 spiro atoms. The van der Waals surface area contributed by atoms with Gasteiger partial charge in [0.25, 0.3) is 0 Å². The van der Waals surface area contributed by atoms with Crippen molar-refractivity contribution < 1.29 is 19.2 Å². The van der Waals surface area contributed by atoms with Crippen LogP contribution < -0.4 is 0 Å². The van der Waals surface area contributed by atoms with Crippen LogP contribution in [-0.4, -0.2) is 51.8 Å². The fourth-order valence-corrected chi connectivity index (χ4v) is 0. The van der Waals surface area contributed by atoms with E-state index in [1.54, 1.807) is 0 Å². The van der Waals surface area contributed by atoms with Crippen molar-refractivity contribution in [1.82, 2.24) is 0 Å². The average molecular weight is 201 g/mol. The Balaban J connectivity index is -0.0000000800. The Morgan fingerprint density at radius 3 is 1.14 bits per heavy atom. The summed E-state index contributed by atoms with van der Waals surface area (Å²) >= 11 is 0. The van der Waals surface area contributed by atoms with E-state index in [4.69, 9.17) is 19.2 Å². The maximum atomic E-state index is 8.88. The first-order chi connectivity index (χ1) is 2.00. The molecule has 0 aliphatic heterocycles. The molecule has 0 fully saturated rings. The summed E-state index contributed by atoms with van der Waals surface area (Å²) in [5, 5.41) is 0. The number of hydrogen-bond donors (Lipinski definition) is 3. The molecule has 0 amide bonds. The third-order valence-corrected chi connectivity index (χ3v) is 0. The summed E-state index contributed by atoms with van der Waals surface area (Å²) in [5.41, 5.74) is 0. The van der Waals surface area contributed by atoms with Crippen molar-refractivity contribution in [2.24, 2.45) is 0 Å². The summed E-state index contributed by atoms with van der Waals surface area (Å²) < 4.78 is 8.88. The van der Waals surface area contributed by atoms with Gasteiger partial charge in [-0.15, -0.1) is 0 Å². The molecule has 0 saturated carbocycles. The van der Waals surface area contributed by atoms with E-state index >= 15 is 0 Å². The van der Waals surface area contributed by atoms with Crippen molar-refractivity contribution in [2.75, 3.05) is 0 Å². The van der Waals surface area contributed by atoms with Gasteiger partial charge < -0.3 is 14.7 Å². The Kier molecular flexibility index (Phi) is 12.2. The molecule has 3 N–H and O–H groups in total. The molecule has 0 rings (SSSR count). The second kappa shape index (κ2) is 5.42. The SMILES string of the molecule is O=P(O)(O)O.[AlH3].[GaH3]. The predicted octanol–water partition coefficient (Wildman–Crippen LogP) is -3.30. The van der Waals surface area contributed by atoms with Crippen molar-refractivity contribution >= 4 is 45.0 Å². The van der Waals surface area contributed by atoms with Gasteiger partial charge in [0.1, 0.15) is 0 Å². The van der Waals surface area contributed by atoms with E-state index in [9.17, 15) is 0 Å². The van der Waals surface area contributed by atoms with E-state index in [2.05, 4.69) is 0 Å². The van der Waals surface area contributed by atoms with Crippen molar-refractivity contribution in [3.05, 3.63) is 0 Å². The van der Waals surface area contributed by atoms with Crippen LogP contribution in [0.1, 0.15) is 0 Å². The first-order valence-corrected chi connectivity index (χ1v) is 2.35. The van der Waals surface area contributed by atoms with Crippen molar-refractivity contribution in [3.63, 3.8) is 0 Å². The first-order valence-electron chi connectivity index (χ1n) is 0.783. The molecule has 0 aliphatic rings. The molecule has 0 saturated heterocycles. The van der Waals surface area contributed by atoms with Gasteiger partial charge in [-0.25, -0.2) is 4.57 Å².